The molecule has 0 saturated carbocycles. The molecule has 1 saturated heterocycles. The molecule has 15 heavy (non-hydrogen) atoms. The summed E-state index contributed by atoms with van der Waals surface area (Å²) < 4.78 is 0. The van der Waals surface area contributed by atoms with Crippen LogP contribution in [0.3, 0.4) is 0 Å². The van der Waals surface area contributed by atoms with Crippen molar-refractivity contribution >= 4 is 5.91 Å². The van der Waals surface area contributed by atoms with Crippen LogP contribution in [0.1, 0.15) is 33.6 Å². The average Bonchev–Trinajstić information content (AvgIpc) is 2.15. The third-order valence-electron chi connectivity index (χ3n) is 3.11. The number of primary amides is 1. The van der Waals surface area contributed by atoms with Gasteiger partial charge in [-0.15, -0.1) is 0 Å². The van der Waals surface area contributed by atoms with Crippen molar-refractivity contribution in [2.24, 2.45) is 5.73 Å². The molecule has 1 rings (SSSR count). The number of hydrogen-bond donors (Lipinski definition) is 2. The minimum absolute atomic E-state index is 0.234. The number of amides is 1. The van der Waals surface area contributed by atoms with Gasteiger partial charge in [0.1, 0.15) is 0 Å². The summed E-state index contributed by atoms with van der Waals surface area (Å²) in [4.78, 5) is 13.2. The van der Waals surface area contributed by atoms with Crippen molar-refractivity contribution in [2.45, 2.75) is 51.7 Å². The van der Waals surface area contributed by atoms with Crippen LogP contribution in [0.5, 0.6) is 0 Å². The van der Waals surface area contributed by atoms with E-state index in [4.69, 9.17) is 5.73 Å². The van der Waals surface area contributed by atoms with Crippen molar-refractivity contribution in [1.82, 2.24) is 10.2 Å². The van der Waals surface area contributed by atoms with E-state index in [9.17, 15) is 4.79 Å². The highest BCUT2D eigenvalue weighted by Gasteiger charge is 2.26. The highest BCUT2D eigenvalue weighted by molar-refractivity contribution is 5.76. The SMILES string of the molecule is CC1CCC(N(CC(N)=O)C(C)C)CN1. The lowest BCUT2D eigenvalue weighted by Crippen LogP contribution is -2.53. The lowest BCUT2D eigenvalue weighted by atomic mass is 9.99. The molecular weight excluding hydrogens is 190 g/mol. The Hall–Kier alpha value is -0.610. The van der Waals surface area contributed by atoms with Crippen LogP contribution in [-0.4, -0.2) is 42.0 Å². The number of carbonyl (C=O) groups excluding carboxylic acids is 1. The normalized spacial score (nSPS) is 27.3. The molecule has 0 aromatic carbocycles. The first-order chi connectivity index (χ1) is 7.00. The maximum Gasteiger partial charge on any atom is 0.231 e. The molecule has 1 aliphatic heterocycles. The zero-order chi connectivity index (χ0) is 11.4. The highest BCUT2D eigenvalue weighted by Crippen LogP contribution is 2.15. The van der Waals surface area contributed by atoms with Gasteiger partial charge in [-0.25, -0.2) is 0 Å². The van der Waals surface area contributed by atoms with Gasteiger partial charge in [0, 0.05) is 24.7 Å². The van der Waals surface area contributed by atoms with Crippen molar-refractivity contribution in [1.29, 1.82) is 0 Å². The standard InChI is InChI=1S/C11H23N3O/c1-8(2)14(7-11(12)15)10-5-4-9(3)13-6-10/h8-10,13H,4-7H2,1-3H3,(H2,12,15). The second-order valence-electron chi connectivity index (χ2n) is 4.77. The highest BCUT2D eigenvalue weighted by atomic mass is 16.1. The summed E-state index contributed by atoms with van der Waals surface area (Å²) in [6, 6.07) is 1.43. The third kappa shape index (κ3) is 3.80. The fraction of sp³-hybridized carbons (Fsp3) is 0.909. The summed E-state index contributed by atoms with van der Waals surface area (Å²) >= 11 is 0. The topological polar surface area (TPSA) is 58.4 Å². The van der Waals surface area contributed by atoms with Crippen LogP contribution >= 0.6 is 0 Å². The van der Waals surface area contributed by atoms with E-state index >= 15 is 0 Å². The van der Waals surface area contributed by atoms with Crippen LogP contribution in [0, 0.1) is 0 Å². The number of nitrogens with zero attached hydrogens (tertiary/aromatic N) is 1. The van der Waals surface area contributed by atoms with Gasteiger partial charge in [0.05, 0.1) is 6.54 Å². The van der Waals surface area contributed by atoms with E-state index in [0.29, 0.717) is 24.7 Å². The van der Waals surface area contributed by atoms with Gasteiger partial charge in [-0.2, -0.15) is 0 Å². The number of carbonyl (C=O) groups is 1. The quantitative estimate of drug-likeness (QED) is 0.707. The molecule has 0 aromatic rings. The molecule has 4 nitrogen and oxygen atoms in total. The Morgan fingerprint density at radius 1 is 1.53 bits per heavy atom. The van der Waals surface area contributed by atoms with Gasteiger partial charge in [-0.1, -0.05) is 0 Å². The number of piperidine rings is 1. The summed E-state index contributed by atoms with van der Waals surface area (Å²) in [5.74, 6) is -0.234. The number of nitrogens with two attached hydrogens (primary N) is 1. The maximum atomic E-state index is 11.0. The van der Waals surface area contributed by atoms with Crippen LogP contribution in [0.2, 0.25) is 0 Å². The molecule has 0 aliphatic carbocycles. The molecule has 0 bridgehead atoms. The zero-order valence-electron chi connectivity index (χ0n) is 9.99. The largest absolute Gasteiger partial charge is 0.369 e. The molecule has 1 amide bonds. The van der Waals surface area contributed by atoms with E-state index in [1.54, 1.807) is 0 Å². The molecule has 2 unspecified atom stereocenters. The predicted molar refractivity (Wildman–Crippen MR) is 61.5 cm³/mol. The van der Waals surface area contributed by atoms with E-state index in [-0.39, 0.29) is 5.91 Å². The summed E-state index contributed by atoms with van der Waals surface area (Å²) in [6.45, 7) is 7.76. The van der Waals surface area contributed by atoms with E-state index in [0.717, 1.165) is 13.0 Å². The first-order valence-corrected chi connectivity index (χ1v) is 5.78. The van der Waals surface area contributed by atoms with E-state index in [2.05, 4.69) is 31.0 Å². The minimum atomic E-state index is -0.234. The molecule has 0 radical (unpaired) electrons. The smallest absolute Gasteiger partial charge is 0.231 e. The van der Waals surface area contributed by atoms with Crippen LogP contribution in [-0.2, 0) is 4.79 Å². The lowest BCUT2D eigenvalue weighted by Gasteiger charge is -2.38. The van der Waals surface area contributed by atoms with E-state index in [1.807, 2.05) is 0 Å². The molecule has 0 spiro atoms. The van der Waals surface area contributed by atoms with Crippen molar-refractivity contribution < 1.29 is 4.79 Å². The molecule has 1 heterocycles. The van der Waals surface area contributed by atoms with Gasteiger partial charge in [0.15, 0.2) is 0 Å². The number of rotatable bonds is 4. The molecule has 88 valence electrons. The van der Waals surface area contributed by atoms with Crippen molar-refractivity contribution in [3.8, 4) is 0 Å². The lowest BCUT2D eigenvalue weighted by molar-refractivity contribution is -0.120. The zero-order valence-corrected chi connectivity index (χ0v) is 9.99. The Bertz CT molecular complexity index is 210. The third-order valence-corrected chi connectivity index (χ3v) is 3.11. The Kier molecular flexibility index (Phi) is 4.54. The maximum absolute atomic E-state index is 11.0. The monoisotopic (exact) mass is 213 g/mol. The van der Waals surface area contributed by atoms with Crippen LogP contribution < -0.4 is 11.1 Å². The van der Waals surface area contributed by atoms with Gasteiger partial charge in [0.2, 0.25) is 5.91 Å². The fourth-order valence-corrected chi connectivity index (χ4v) is 2.18. The van der Waals surface area contributed by atoms with Gasteiger partial charge in [0.25, 0.3) is 0 Å². The van der Waals surface area contributed by atoms with Gasteiger partial charge >= 0.3 is 0 Å². The molecular formula is C11H23N3O. The number of nitrogens with one attached hydrogen (secondary N) is 1. The molecule has 1 aliphatic rings. The summed E-state index contributed by atoms with van der Waals surface area (Å²) in [5, 5.41) is 3.45. The van der Waals surface area contributed by atoms with Crippen molar-refractivity contribution in [2.75, 3.05) is 13.1 Å². The van der Waals surface area contributed by atoms with Gasteiger partial charge < -0.3 is 11.1 Å². The van der Waals surface area contributed by atoms with Crippen LogP contribution in [0.25, 0.3) is 0 Å². The summed E-state index contributed by atoms with van der Waals surface area (Å²) in [7, 11) is 0. The Labute approximate surface area is 92.2 Å². The Morgan fingerprint density at radius 2 is 2.20 bits per heavy atom. The first-order valence-electron chi connectivity index (χ1n) is 5.78. The minimum Gasteiger partial charge on any atom is -0.369 e. The van der Waals surface area contributed by atoms with Gasteiger partial charge in [-0.3, -0.25) is 9.69 Å². The average molecular weight is 213 g/mol. The van der Waals surface area contributed by atoms with Gasteiger partial charge in [-0.05, 0) is 33.6 Å². The number of hydrogen-bond acceptors (Lipinski definition) is 3. The molecule has 1 fully saturated rings. The fourth-order valence-electron chi connectivity index (χ4n) is 2.18. The van der Waals surface area contributed by atoms with E-state index < -0.39 is 0 Å². The Morgan fingerprint density at radius 3 is 2.60 bits per heavy atom. The molecule has 2 atom stereocenters. The summed E-state index contributed by atoms with van der Waals surface area (Å²) in [5.41, 5.74) is 5.26. The van der Waals surface area contributed by atoms with Crippen LogP contribution in [0.15, 0.2) is 0 Å². The second-order valence-corrected chi connectivity index (χ2v) is 4.77. The van der Waals surface area contributed by atoms with Crippen molar-refractivity contribution in [3.05, 3.63) is 0 Å². The molecule has 4 heteroatoms. The van der Waals surface area contributed by atoms with Crippen LogP contribution in [0.4, 0.5) is 0 Å². The van der Waals surface area contributed by atoms with Crippen molar-refractivity contribution in [3.63, 3.8) is 0 Å². The first kappa shape index (κ1) is 12.5. The molecule has 3 N–H and O–H groups in total. The predicted octanol–water partition coefficient (Wildman–Crippen LogP) is 0.323. The summed E-state index contributed by atoms with van der Waals surface area (Å²) in [6.07, 6.45) is 2.33. The van der Waals surface area contributed by atoms with E-state index in [1.165, 1.54) is 6.42 Å². The second kappa shape index (κ2) is 5.47. The Balaban J connectivity index is 2.52. The molecule has 0 aromatic heterocycles.